The molecule has 0 saturated heterocycles. The predicted molar refractivity (Wildman–Crippen MR) is 92.1 cm³/mol. The van der Waals surface area contributed by atoms with E-state index < -0.39 is 0 Å². The summed E-state index contributed by atoms with van der Waals surface area (Å²) in [7, 11) is 1.75. The number of nitrogens with two attached hydrogens (primary N) is 1. The van der Waals surface area contributed by atoms with Crippen LogP contribution in [0.4, 0.5) is 5.95 Å². The van der Waals surface area contributed by atoms with Crippen molar-refractivity contribution in [1.82, 2.24) is 14.9 Å². The van der Waals surface area contributed by atoms with Crippen LogP contribution in [0.25, 0.3) is 0 Å². The number of hydrogen-bond donors (Lipinski definition) is 1. The molecule has 6 nitrogen and oxygen atoms in total. The average Bonchev–Trinajstić information content (AvgIpc) is 2.95. The van der Waals surface area contributed by atoms with Crippen LogP contribution in [0.3, 0.4) is 0 Å². The van der Waals surface area contributed by atoms with Crippen LogP contribution >= 0.6 is 0 Å². The molecule has 2 aromatic rings. The van der Waals surface area contributed by atoms with Gasteiger partial charge in [-0.15, -0.1) is 0 Å². The van der Waals surface area contributed by atoms with Gasteiger partial charge in [-0.2, -0.15) is 0 Å². The van der Waals surface area contributed by atoms with E-state index in [4.69, 9.17) is 10.5 Å². The maximum atomic E-state index is 12.7. The smallest absolute Gasteiger partial charge is 0.272 e. The third kappa shape index (κ3) is 3.32. The third-order valence-electron chi connectivity index (χ3n) is 4.11. The summed E-state index contributed by atoms with van der Waals surface area (Å²) in [6, 6.07) is 9.67. The van der Waals surface area contributed by atoms with Crippen LogP contribution in [0.15, 0.2) is 30.3 Å². The lowest BCUT2D eigenvalue weighted by molar-refractivity contribution is 0.0724. The van der Waals surface area contributed by atoms with Crippen molar-refractivity contribution in [3.05, 3.63) is 47.3 Å². The van der Waals surface area contributed by atoms with Crippen molar-refractivity contribution in [2.75, 3.05) is 19.3 Å². The Morgan fingerprint density at radius 1 is 1.38 bits per heavy atom. The van der Waals surface area contributed by atoms with Gasteiger partial charge >= 0.3 is 0 Å². The van der Waals surface area contributed by atoms with Crippen molar-refractivity contribution in [1.29, 1.82) is 0 Å². The second kappa shape index (κ2) is 6.47. The highest BCUT2D eigenvalue weighted by Crippen LogP contribution is 2.28. The van der Waals surface area contributed by atoms with Crippen molar-refractivity contribution in [2.45, 2.75) is 32.3 Å². The molecule has 2 heterocycles. The number of para-hydroxylation sites is 1. The van der Waals surface area contributed by atoms with E-state index >= 15 is 0 Å². The fourth-order valence-corrected chi connectivity index (χ4v) is 2.83. The number of aromatic nitrogens is 2. The molecule has 2 N–H and O–H groups in total. The van der Waals surface area contributed by atoms with Gasteiger partial charge in [-0.1, -0.05) is 32.0 Å². The first-order chi connectivity index (χ1) is 11.4. The summed E-state index contributed by atoms with van der Waals surface area (Å²) in [6.07, 6.45) is 0.761. The fourth-order valence-electron chi connectivity index (χ4n) is 2.83. The Hall–Kier alpha value is -2.63. The van der Waals surface area contributed by atoms with Gasteiger partial charge in [0.2, 0.25) is 5.95 Å². The molecule has 3 rings (SSSR count). The molecule has 1 amide bonds. The minimum Gasteiger partial charge on any atom is -0.488 e. The molecule has 1 aliphatic rings. The first kappa shape index (κ1) is 16.2. The number of carbonyl (C=O) groups excluding carboxylic acids is 1. The highest BCUT2D eigenvalue weighted by atomic mass is 16.5. The van der Waals surface area contributed by atoms with Crippen LogP contribution in [0, 0.1) is 0 Å². The van der Waals surface area contributed by atoms with E-state index in [1.165, 1.54) is 5.56 Å². The molecule has 0 bridgehead atoms. The molecule has 0 radical (unpaired) electrons. The van der Waals surface area contributed by atoms with Crippen molar-refractivity contribution in [3.63, 3.8) is 0 Å². The lowest BCUT2D eigenvalue weighted by atomic mass is 10.1. The predicted octanol–water partition coefficient (Wildman–Crippen LogP) is 2.26. The molecule has 1 aromatic carbocycles. The van der Waals surface area contributed by atoms with Gasteiger partial charge in [-0.3, -0.25) is 4.79 Å². The monoisotopic (exact) mass is 326 g/mol. The summed E-state index contributed by atoms with van der Waals surface area (Å²) in [5, 5.41) is 0. The lowest BCUT2D eigenvalue weighted by Crippen LogP contribution is -2.37. The van der Waals surface area contributed by atoms with Gasteiger partial charge in [-0.05, 0) is 23.6 Å². The second-order valence-corrected chi connectivity index (χ2v) is 6.43. The van der Waals surface area contributed by atoms with Gasteiger partial charge in [0.05, 0.1) is 6.54 Å². The van der Waals surface area contributed by atoms with E-state index in [-0.39, 0.29) is 23.9 Å². The molecule has 24 heavy (non-hydrogen) atoms. The minimum absolute atomic E-state index is 0.0416. The highest BCUT2D eigenvalue weighted by Gasteiger charge is 2.26. The van der Waals surface area contributed by atoms with Crippen molar-refractivity contribution in [3.8, 4) is 5.75 Å². The summed E-state index contributed by atoms with van der Waals surface area (Å²) < 4.78 is 5.90. The zero-order chi connectivity index (χ0) is 17.3. The van der Waals surface area contributed by atoms with Gasteiger partial charge in [-0.25, -0.2) is 9.97 Å². The second-order valence-electron chi connectivity index (χ2n) is 6.43. The van der Waals surface area contributed by atoms with Gasteiger partial charge in [0.1, 0.15) is 17.5 Å². The van der Waals surface area contributed by atoms with Crippen LogP contribution in [0.2, 0.25) is 0 Å². The van der Waals surface area contributed by atoms with Gasteiger partial charge in [0.25, 0.3) is 5.91 Å². The Balaban J connectivity index is 1.70. The number of fused-ring (bicyclic) bond motifs is 1. The Morgan fingerprint density at radius 3 is 2.83 bits per heavy atom. The van der Waals surface area contributed by atoms with Crippen molar-refractivity contribution >= 4 is 11.9 Å². The first-order valence-electron chi connectivity index (χ1n) is 8.08. The maximum Gasteiger partial charge on any atom is 0.272 e. The van der Waals surface area contributed by atoms with Crippen molar-refractivity contribution in [2.24, 2.45) is 0 Å². The Bertz CT molecular complexity index is 735. The van der Waals surface area contributed by atoms with Crippen LogP contribution in [-0.2, 0) is 6.42 Å². The number of hydrogen-bond acceptors (Lipinski definition) is 5. The number of ether oxygens (including phenoxy) is 1. The Morgan fingerprint density at radius 2 is 2.12 bits per heavy atom. The molecule has 1 atom stereocenters. The van der Waals surface area contributed by atoms with Crippen molar-refractivity contribution < 1.29 is 9.53 Å². The number of carbonyl (C=O) groups is 1. The molecule has 0 fully saturated rings. The van der Waals surface area contributed by atoms with Crippen LogP contribution in [-0.4, -0.2) is 40.5 Å². The van der Waals surface area contributed by atoms with E-state index in [0.717, 1.165) is 17.9 Å². The number of nitrogens with zero attached hydrogens (tertiary/aromatic N) is 3. The van der Waals surface area contributed by atoms with Gasteiger partial charge < -0.3 is 15.4 Å². The molecule has 0 spiro atoms. The zero-order valence-corrected chi connectivity index (χ0v) is 14.2. The third-order valence-corrected chi connectivity index (χ3v) is 4.11. The average molecular weight is 326 g/mol. The van der Waals surface area contributed by atoms with Crippen LogP contribution in [0.5, 0.6) is 5.75 Å². The van der Waals surface area contributed by atoms with E-state index in [0.29, 0.717) is 12.2 Å². The number of likely N-dealkylation sites (N-methyl/N-ethyl adjacent to an activating group) is 1. The largest absolute Gasteiger partial charge is 0.488 e. The summed E-state index contributed by atoms with van der Waals surface area (Å²) >= 11 is 0. The molecule has 126 valence electrons. The van der Waals surface area contributed by atoms with Crippen LogP contribution in [0.1, 0.15) is 41.5 Å². The summed E-state index contributed by atoms with van der Waals surface area (Å²) in [4.78, 5) is 22.5. The quantitative estimate of drug-likeness (QED) is 0.932. The molecule has 0 unspecified atom stereocenters. The molecule has 6 heteroatoms. The Kier molecular flexibility index (Phi) is 4.38. The number of nitrogen functional groups attached to an aromatic ring is 1. The van der Waals surface area contributed by atoms with Gasteiger partial charge in [0, 0.05) is 19.2 Å². The van der Waals surface area contributed by atoms with Crippen LogP contribution < -0.4 is 10.5 Å². The van der Waals surface area contributed by atoms with E-state index in [1.54, 1.807) is 18.0 Å². The number of benzene rings is 1. The normalized spacial score (nSPS) is 15.9. The highest BCUT2D eigenvalue weighted by molar-refractivity contribution is 5.92. The molecule has 0 aliphatic carbocycles. The zero-order valence-electron chi connectivity index (χ0n) is 14.2. The number of anilines is 1. The summed E-state index contributed by atoms with van der Waals surface area (Å²) in [5.41, 5.74) is 8.01. The molecule has 1 aliphatic heterocycles. The Labute approximate surface area is 141 Å². The summed E-state index contributed by atoms with van der Waals surface area (Å²) in [5.74, 6) is 1.03. The molecule has 0 saturated carbocycles. The standard InChI is InChI=1S/C18H22N4O2/c1-11(2)14-9-15(21-18(19)20-14)17(23)22(3)10-13-8-12-6-4-5-7-16(12)24-13/h4-7,9,11,13H,8,10H2,1-3H3,(H2,19,20,21)/t13-/m0/s1. The molecule has 1 aromatic heterocycles. The lowest BCUT2D eigenvalue weighted by Gasteiger charge is -2.21. The van der Waals surface area contributed by atoms with Gasteiger partial charge in [0.15, 0.2) is 0 Å². The first-order valence-corrected chi connectivity index (χ1v) is 8.08. The fraction of sp³-hybridized carbons (Fsp3) is 0.389. The maximum absolute atomic E-state index is 12.7. The number of rotatable bonds is 4. The SMILES string of the molecule is CC(C)c1cc(C(=O)N(C)C[C@@H]2Cc3ccccc3O2)nc(N)n1. The van der Waals surface area contributed by atoms with E-state index in [1.807, 2.05) is 32.0 Å². The molecular formula is C18H22N4O2. The number of amides is 1. The topological polar surface area (TPSA) is 81.3 Å². The van der Waals surface area contributed by atoms with E-state index in [9.17, 15) is 4.79 Å². The molecular weight excluding hydrogens is 304 g/mol. The van der Waals surface area contributed by atoms with E-state index in [2.05, 4.69) is 16.0 Å². The minimum atomic E-state index is -0.175. The summed E-state index contributed by atoms with van der Waals surface area (Å²) in [6.45, 7) is 4.50.